The predicted octanol–water partition coefficient (Wildman–Crippen LogP) is 2.78. The van der Waals surface area contributed by atoms with Gasteiger partial charge in [0.05, 0.1) is 6.20 Å². The molecule has 10 heteroatoms. The molecule has 176 valence electrons. The summed E-state index contributed by atoms with van der Waals surface area (Å²) in [5.41, 5.74) is 10.4. The Morgan fingerprint density at radius 2 is 2.06 bits per heavy atom. The number of aromatic nitrogens is 4. The average molecular weight is 471 g/mol. The molecule has 1 aromatic carbocycles. The standard InChI is InChI=1S/C23H30N8O.ClH/c1-23(14-24)8-11-30(12-9-23)18-13-26-19-20(27-18)28-29-21(19)31-10-4-6-15-16(22(32)25-2)5-3-7-17(15)31;/h3,5,7,13H,4,6,8-12,14,24H2,1-2H3,(H,25,32)(H,27,28,29);1H. The molecule has 4 N–H and O–H groups in total. The first-order valence-corrected chi connectivity index (χ1v) is 11.3. The highest BCUT2D eigenvalue weighted by Crippen LogP contribution is 2.37. The zero-order chi connectivity index (χ0) is 22.3. The van der Waals surface area contributed by atoms with E-state index in [0.29, 0.717) is 12.2 Å². The van der Waals surface area contributed by atoms with Crippen molar-refractivity contribution in [3.63, 3.8) is 0 Å². The Balaban J connectivity index is 0.00000259. The van der Waals surface area contributed by atoms with Crippen LogP contribution in [0.3, 0.4) is 0 Å². The Morgan fingerprint density at radius 3 is 2.79 bits per heavy atom. The second-order valence-electron chi connectivity index (χ2n) is 9.11. The van der Waals surface area contributed by atoms with E-state index >= 15 is 0 Å². The molecule has 1 amide bonds. The maximum atomic E-state index is 12.4. The highest BCUT2D eigenvalue weighted by Gasteiger charge is 2.30. The Kier molecular flexibility index (Phi) is 6.45. The molecule has 0 radical (unpaired) electrons. The molecule has 1 saturated heterocycles. The molecule has 2 aromatic heterocycles. The molecule has 1 fully saturated rings. The van der Waals surface area contributed by atoms with E-state index in [4.69, 9.17) is 15.7 Å². The third-order valence-corrected chi connectivity index (χ3v) is 7.00. The number of H-pyrrole nitrogens is 1. The van der Waals surface area contributed by atoms with Crippen molar-refractivity contribution in [2.45, 2.75) is 32.6 Å². The van der Waals surface area contributed by atoms with Gasteiger partial charge in [0.1, 0.15) is 5.82 Å². The summed E-state index contributed by atoms with van der Waals surface area (Å²) in [7, 11) is 1.66. The van der Waals surface area contributed by atoms with E-state index in [9.17, 15) is 4.79 Å². The van der Waals surface area contributed by atoms with Crippen molar-refractivity contribution in [2.75, 3.05) is 43.0 Å². The lowest BCUT2D eigenvalue weighted by atomic mass is 9.80. The second kappa shape index (κ2) is 9.15. The summed E-state index contributed by atoms with van der Waals surface area (Å²) < 4.78 is 0. The summed E-state index contributed by atoms with van der Waals surface area (Å²) >= 11 is 0. The van der Waals surface area contributed by atoms with Gasteiger partial charge in [-0.1, -0.05) is 13.0 Å². The van der Waals surface area contributed by atoms with Crippen LogP contribution in [0, 0.1) is 5.41 Å². The number of hydrogen-bond acceptors (Lipinski definition) is 7. The van der Waals surface area contributed by atoms with Gasteiger partial charge >= 0.3 is 0 Å². The van der Waals surface area contributed by atoms with Crippen LogP contribution in [0.15, 0.2) is 24.4 Å². The quantitative estimate of drug-likeness (QED) is 0.536. The largest absolute Gasteiger partial charge is 0.355 e. The van der Waals surface area contributed by atoms with Crippen molar-refractivity contribution in [3.8, 4) is 0 Å². The Bertz CT molecular complexity index is 1150. The van der Waals surface area contributed by atoms with Crippen molar-refractivity contribution < 1.29 is 4.79 Å². The third-order valence-electron chi connectivity index (χ3n) is 7.00. The number of amides is 1. The number of rotatable bonds is 4. The van der Waals surface area contributed by atoms with Crippen LogP contribution in [-0.2, 0) is 6.42 Å². The number of nitrogens with one attached hydrogen (secondary N) is 2. The van der Waals surface area contributed by atoms with Gasteiger partial charge in [-0.05, 0) is 55.3 Å². The molecule has 3 aromatic rings. The smallest absolute Gasteiger partial charge is 0.251 e. The summed E-state index contributed by atoms with van der Waals surface area (Å²) in [4.78, 5) is 26.3. The van der Waals surface area contributed by atoms with E-state index in [1.54, 1.807) is 7.05 Å². The molecular weight excluding hydrogens is 440 g/mol. The number of halogens is 1. The van der Waals surface area contributed by atoms with Crippen LogP contribution in [0.2, 0.25) is 0 Å². The fourth-order valence-electron chi connectivity index (χ4n) is 4.79. The minimum atomic E-state index is -0.0627. The van der Waals surface area contributed by atoms with Crippen molar-refractivity contribution in [1.29, 1.82) is 0 Å². The van der Waals surface area contributed by atoms with Crippen LogP contribution >= 0.6 is 12.4 Å². The van der Waals surface area contributed by atoms with E-state index in [0.717, 1.165) is 79.3 Å². The number of hydrogen-bond donors (Lipinski definition) is 3. The van der Waals surface area contributed by atoms with Gasteiger partial charge in [-0.3, -0.25) is 9.89 Å². The fourth-order valence-corrected chi connectivity index (χ4v) is 4.79. The molecule has 5 rings (SSSR count). The van der Waals surface area contributed by atoms with Gasteiger partial charge in [0, 0.05) is 37.9 Å². The van der Waals surface area contributed by atoms with Crippen LogP contribution in [0.1, 0.15) is 42.1 Å². The molecule has 0 bridgehead atoms. The average Bonchev–Trinajstić information content (AvgIpc) is 3.26. The van der Waals surface area contributed by atoms with E-state index in [2.05, 4.69) is 32.2 Å². The van der Waals surface area contributed by atoms with E-state index in [1.807, 2.05) is 24.4 Å². The van der Waals surface area contributed by atoms with Crippen LogP contribution < -0.4 is 20.9 Å². The number of anilines is 3. The summed E-state index contributed by atoms with van der Waals surface area (Å²) in [5.74, 6) is 1.56. The third kappa shape index (κ3) is 4.11. The number of nitrogens with two attached hydrogens (primary N) is 1. The summed E-state index contributed by atoms with van der Waals surface area (Å²) in [6.45, 7) is 5.64. The van der Waals surface area contributed by atoms with Gasteiger partial charge in [0.15, 0.2) is 17.0 Å². The molecule has 4 heterocycles. The molecule has 0 saturated carbocycles. The van der Waals surface area contributed by atoms with Gasteiger partial charge < -0.3 is 20.9 Å². The van der Waals surface area contributed by atoms with Gasteiger partial charge in [0.25, 0.3) is 5.91 Å². The highest BCUT2D eigenvalue weighted by atomic mass is 35.5. The lowest BCUT2D eigenvalue weighted by Crippen LogP contribution is -2.42. The summed E-state index contributed by atoms with van der Waals surface area (Å²) in [6.07, 6.45) is 5.75. The Hall–Kier alpha value is -2.91. The minimum absolute atomic E-state index is 0. The van der Waals surface area contributed by atoms with Crippen LogP contribution in [-0.4, -0.2) is 59.3 Å². The molecule has 2 aliphatic heterocycles. The topological polar surface area (TPSA) is 116 Å². The number of aromatic amines is 1. The molecule has 0 unspecified atom stereocenters. The van der Waals surface area contributed by atoms with Crippen molar-refractivity contribution in [3.05, 3.63) is 35.5 Å². The van der Waals surface area contributed by atoms with E-state index in [-0.39, 0.29) is 23.7 Å². The van der Waals surface area contributed by atoms with E-state index < -0.39 is 0 Å². The van der Waals surface area contributed by atoms with Crippen LogP contribution in [0.5, 0.6) is 0 Å². The number of carbonyl (C=O) groups excluding carboxylic acids is 1. The maximum Gasteiger partial charge on any atom is 0.251 e. The lowest BCUT2D eigenvalue weighted by molar-refractivity contribution is 0.0962. The molecule has 0 spiro atoms. The zero-order valence-corrected chi connectivity index (χ0v) is 19.9. The normalized spacial score (nSPS) is 17.4. The minimum Gasteiger partial charge on any atom is -0.355 e. The van der Waals surface area contributed by atoms with Crippen LogP contribution in [0.25, 0.3) is 11.2 Å². The number of carbonyl (C=O) groups is 1. The van der Waals surface area contributed by atoms with E-state index in [1.165, 1.54) is 0 Å². The molecule has 33 heavy (non-hydrogen) atoms. The predicted molar refractivity (Wildman–Crippen MR) is 133 cm³/mol. The molecule has 0 aliphatic carbocycles. The van der Waals surface area contributed by atoms with Gasteiger partial charge in [-0.25, -0.2) is 9.97 Å². The fraction of sp³-hybridized carbons (Fsp3) is 0.478. The number of piperidine rings is 1. The van der Waals surface area contributed by atoms with Crippen molar-refractivity contribution in [1.82, 2.24) is 25.5 Å². The lowest BCUT2D eigenvalue weighted by Gasteiger charge is -2.39. The number of nitrogens with zero attached hydrogens (tertiary/aromatic N) is 5. The number of benzene rings is 1. The first kappa shape index (κ1) is 23.3. The molecular formula is C23H31ClN8O. The first-order chi connectivity index (χ1) is 15.5. The van der Waals surface area contributed by atoms with Gasteiger partial charge in [-0.2, -0.15) is 5.10 Å². The maximum absolute atomic E-state index is 12.4. The molecule has 0 atom stereocenters. The Labute approximate surface area is 199 Å². The Morgan fingerprint density at radius 1 is 1.27 bits per heavy atom. The van der Waals surface area contributed by atoms with Crippen molar-refractivity contribution in [2.24, 2.45) is 11.1 Å². The first-order valence-electron chi connectivity index (χ1n) is 11.3. The summed E-state index contributed by atoms with van der Waals surface area (Å²) in [6, 6.07) is 5.85. The monoisotopic (exact) mass is 470 g/mol. The van der Waals surface area contributed by atoms with Crippen molar-refractivity contribution >= 4 is 46.8 Å². The highest BCUT2D eigenvalue weighted by molar-refractivity contribution is 5.98. The molecule has 2 aliphatic rings. The zero-order valence-electron chi connectivity index (χ0n) is 19.1. The van der Waals surface area contributed by atoms with Gasteiger partial charge in [0.2, 0.25) is 0 Å². The van der Waals surface area contributed by atoms with Crippen LogP contribution in [0.4, 0.5) is 17.3 Å². The number of fused-ring (bicyclic) bond motifs is 2. The SMILES string of the molecule is CNC(=O)c1cccc2c1CCCN2c1n[nH]c2nc(N3CCC(C)(CN)CC3)cnc12.Cl. The second-order valence-corrected chi connectivity index (χ2v) is 9.11. The van der Waals surface area contributed by atoms with Gasteiger partial charge in [-0.15, -0.1) is 12.4 Å². The molecule has 9 nitrogen and oxygen atoms in total. The summed E-state index contributed by atoms with van der Waals surface area (Å²) in [5, 5.41) is 10.4.